The summed E-state index contributed by atoms with van der Waals surface area (Å²) in [7, 11) is 0. The lowest BCUT2D eigenvalue weighted by molar-refractivity contribution is 0.0167. The van der Waals surface area contributed by atoms with Gasteiger partial charge in [0, 0.05) is 12.2 Å². The first-order chi connectivity index (χ1) is 8.75. The summed E-state index contributed by atoms with van der Waals surface area (Å²) in [4.78, 5) is 0. The van der Waals surface area contributed by atoms with Crippen LogP contribution in [0.4, 0.5) is 5.69 Å². The van der Waals surface area contributed by atoms with Gasteiger partial charge >= 0.3 is 0 Å². The molecule has 3 rings (SSSR count). The topological polar surface area (TPSA) is 32.3 Å². The summed E-state index contributed by atoms with van der Waals surface area (Å²) < 4.78 is 0. The van der Waals surface area contributed by atoms with Crippen molar-refractivity contribution in [3.05, 3.63) is 29.3 Å². The van der Waals surface area contributed by atoms with Crippen molar-refractivity contribution in [3.63, 3.8) is 0 Å². The van der Waals surface area contributed by atoms with Crippen LogP contribution in [0.1, 0.15) is 49.7 Å². The zero-order valence-electron chi connectivity index (χ0n) is 11.0. The van der Waals surface area contributed by atoms with Gasteiger partial charge in [-0.1, -0.05) is 25.3 Å². The quantitative estimate of drug-likeness (QED) is 0.856. The van der Waals surface area contributed by atoms with Crippen LogP contribution in [0, 0.1) is 0 Å². The molecule has 2 heteroatoms. The van der Waals surface area contributed by atoms with Crippen molar-refractivity contribution in [2.45, 2.75) is 57.0 Å². The largest absolute Gasteiger partial charge is 0.388 e. The van der Waals surface area contributed by atoms with E-state index in [1.165, 1.54) is 55.3 Å². The average Bonchev–Trinajstić information content (AvgIpc) is 2.85. The minimum atomic E-state index is -0.475. The van der Waals surface area contributed by atoms with Crippen LogP contribution in [0.3, 0.4) is 0 Å². The second-order valence-corrected chi connectivity index (χ2v) is 5.98. The lowest BCUT2D eigenvalue weighted by Crippen LogP contribution is -2.38. The van der Waals surface area contributed by atoms with E-state index in [1.54, 1.807) is 0 Å². The van der Waals surface area contributed by atoms with Crippen LogP contribution < -0.4 is 5.32 Å². The van der Waals surface area contributed by atoms with Crippen molar-refractivity contribution in [3.8, 4) is 0 Å². The fourth-order valence-electron chi connectivity index (χ4n) is 3.34. The molecule has 0 heterocycles. The predicted octanol–water partition coefficient (Wildman–Crippen LogP) is 3.28. The van der Waals surface area contributed by atoms with Crippen molar-refractivity contribution in [2.75, 3.05) is 11.9 Å². The summed E-state index contributed by atoms with van der Waals surface area (Å²) in [6, 6.07) is 6.68. The highest BCUT2D eigenvalue weighted by atomic mass is 16.3. The number of rotatable bonds is 3. The number of hydrogen-bond acceptors (Lipinski definition) is 2. The number of anilines is 1. The van der Waals surface area contributed by atoms with E-state index in [0.717, 1.165) is 12.8 Å². The van der Waals surface area contributed by atoms with Gasteiger partial charge in [-0.2, -0.15) is 0 Å². The van der Waals surface area contributed by atoms with Gasteiger partial charge in [-0.15, -0.1) is 0 Å². The van der Waals surface area contributed by atoms with Crippen molar-refractivity contribution >= 4 is 5.69 Å². The Hall–Kier alpha value is -1.02. The second-order valence-electron chi connectivity index (χ2n) is 5.98. The van der Waals surface area contributed by atoms with Crippen LogP contribution >= 0.6 is 0 Å². The molecule has 0 spiro atoms. The maximum Gasteiger partial charge on any atom is 0.0819 e. The third kappa shape index (κ3) is 2.54. The van der Waals surface area contributed by atoms with Crippen LogP contribution in [0.5, 0.6) is 0 Å². The lowest BCUT2D eigenvalue weighted by Gasteiger charge is -2.32. The Bertz CT molecular complexity index is 421. The van der Waals surface area contributed by atoms with Crippen LogP contribution in [0.2, 0.25) is 0 Å². The summed E-state index contributed by atoms with van der Waals surface area (Å²) in [5.74, 6) is 0. The average molecular weight is 245 g/mol. The molecule has 0 saturated heterocycles. The standard InChI is InChI=1S/C16H23NO/c18-16(9-2-1-3-10-16)12-17-15-8-7-13-5-4-6-14(13)11-15/h7-8,11,17-18H,1-6,9-10,12H2. The molecule has 2 aliphatic rings. The van der Waals surface area contributed by atoms with E-state index in [-0.39, 0.29) is 0 Å². The fraction of sp³-hybridized carbons (Fsp3) is 0.625. The fourth-order valence-corrected chi connectivity index (χ4v) is 3.34. The molecule has 1 saturated carbocycles. The number of fused-ring (bicyclic) bond motifs is 1. The molecule has 2 N–H and O–H groups in total. The maximum absolute atomic E-state index is 10.5. The summed E-state index contributed by atoms with van der Waals surface area (Å²) in [5, 5.41) is 13.9. The molecule has 2 aliphatic carbocycles. The minimum absolute atomic E-state index is 0.475. The Morgan fingerprint density at radius 1 is 1.00 bits per heavy atom. The van der Waals surface area contributed by atoms with Gasteiger partial charge in [0.2, 0.25) is 0 Å². The van der Waals surface area contributed by atoms with Crippen molar-refractivity contribution in [2.24, 2.45) is 0 Å². The van der Waals surface area contributed by atoms with E-state index in [1.807, 2.05) is 0 Å². The highest BCUT2D eigenvalue weighted by Crippen LogP contribution is 2.29. The number of nitrogens with one attached hydrogen (secondary N) is 1. The Labute approximate surface area is 109 Å². The molecule has 18 heavy (non-hydrogen) atoms. The molecule has 2 nitrogen and oxygen atoms in total. The summed E-state index contributed by atoms with van der Waals surface area (Å²) in [6.45, 7) is 0.700. The van der Waals surface area contributed by atoms with E-state index in [9.17, 15) is 5.11 Å². The predicted molar refractivity (Wildman–Crippen MR) is 75.0 cm³/mol. The number of aliphatic hydroxyl groups is 1. The molecular weight excluding hydrogens is 222 g/mol. The van der Waals surface area contributed by atoms with Crippen molar-refractivity contribution in [1.29, 1.82) is 0 Å². The molecule has 1 aromatic rings. The van der Waals surface area contributed by atoms with Crippen LogP contribution in [-0.4, -0.2) is 17.3 Å². The third-order valence-electron chi connectivity index (χ3n) is 4.50. The van der Waals surface area contributed by atoms with Gasteiger partial charge in [0.15, 0.2) is 0 Å². The summed E-state index contributed by atoms with van der Waals surface area (Å²) >= 11 is 0. The maximum atomic E-state index is 10.5. The highest BCUT2D eigenvalue weighted by Gasteiger charge is 2.28. The monoisotopic (exact) mass is 245 g/mol. The van der Waals surface area contributed by atoms with Crippen LogP contribution in [0.15, 0.2) is 18.2 Å². The van der Waals surface area contributed by atoms with E-state index < -0.39 is 5.60 Å². The lowest BCUT2D eigenvalue weighted by atomic mass is 9.85. The first-order valence-corrected chi connectivity index (χ1v) is 7.33. The molecule has 0 aromatic heterocycles. The van der Waals surface area contributed by atoms with Gasteiger partial charge in [0.1, 0.15) is 0 Å². The number of aryl methyl sites for hydroxylation is 2. The Balaban J connectivity index is 1.62. The zero-order valence-corrected chi connectivity index (χ0v) is 11.0. The first kappa shape index (κ1) is 12.0. The second kappa shape index (κ2) is 4.93. The molecule has 0 radical (unpaired) electrons. The van der Waals surface area contributed by atoms with Gasteiger partial charge in [0.05, 0.1) is 5.60 Å². The molecule has 1 fully saturated rings. The SMILES string of the molecule is OC1(CNc2ccc3c(c2)CCC3)CCCCC1. The molecule has 0 atom stereocenters. The smallest absolute Gasteiger partial charge is 0.0819 e. The Morgan fingerprint density at radius 2 is 1.78 bits per heavy atom. The highest BCUT2D eigenvalue weighted by molar-refractivity contribution is 5.50. The molecular formula is C16H23NO. The zero-order chi connectivity index (χ0) is 12.4. The van der Waals surface area contributed by atoms with Gasteiger partial charge in [-0.3, -0.25) is 0 Å². The molecule has 0 unspecified atom stereocenters. The van der Waals surface area contributed by atoms with Crippen LogP contribution in [-0.2, 0) is 12.8 Å². The molecule has 1 aromatic carbocycles. The van der Waals surface area contributed by atoms with Crippen molar-refractivity contribution in [1.82, 2.24) is 0 Å². The van der Waals surface area contributed by atoms with E-state index in [4.69, 9.17) is 0 Å². The molecule has 0 amide bonds. The van der Waals surface area contributed by atoms with Crippen molar-refractivity contribution < 1.29 is 5.11 Å². The molecule has 0 aliphatic heterocycles. The first-order valence-electron chi connectivity index (χ1n) is 7.33. The van der Waals surface area contributed by atoms with E-state index >= 15 is 0 Å². The molecule has 98 valence electrons. The summed E-state index contributed by atoms with van der Waals surface area (Å²) in [5.41, 5.74) is 3.71. The normalized spacial score (nSPS) is 21.6. The van der Waals surface area contributed by atoms with Gasteiger partial charge in [-0.05, 0) is 55.4 Å². The van der Waals surface area contributed by atoms with Crippen LogP contribution in [0.25, 0.3) is 0 Å². The van der Waals surface area contributed by atoms with Gasteiger partial charge < -0.3 is 10.4 Å². The summed E-state index contributed by atoms with van der Waals surface area (Å²) in [6.07, 6.45) is 9.26. The van der Waals surface area contributed by atoms with Gasteiger partial charge in [0.25, 0.3) is 0 Å². The Morgan fingerprint density at radius 3 is 2.61 bits per heavy atom. The Kier molecular flexibility index (Phi) is 3.29. The molecule has 0 bridgehead atoms. The van der Waals surface area contributed by atoms with E-state index in [2.05, 4.69) is 23.5 Å². The number of benzene rings is 1. The minimum Gasteiger partial charge on any atom is -0.388 e. The number of hydrogen-bond donors (Lipinski definition) is 2. The van der Waals surface area contributed by atoms with Gasteiger partial charge in [-0.25, -0.2) is 0 Å². The van der Waals surface area contributed by atoms with E-state index in [0.29, 0.717) is 6.54 Å². The third-order valence-corrected chi connectivity index (χ3v) is 4.50.